The summed E-state index contributed by atoms with van der Waals surface area (Å²) in [4.78, 5) is 11.3. The maximum Gasteiger partial charge on any atom is 0.220 e. The minimum absolute atomic E-state index is 0.194. The van der Waals surface area contributed by atoms with Crippen molar-refractivity contribution in [3.05, 3.63) is 0 Å². The zero-order valence-electron chi connectivity index (χ0n) is 9.18. The third-order valence-electron chi connectivity index (χ3n) is 3.02. The van der Waals surface area contributed by atoms with Crippen LogP contribution in [0.2, 0.25) is 0 Å². The van der Waals surface area contributed by atoms with Crippen LogP contribution in [0, 0.1) is 11.3 Å². The van der Waals surface area contributed by atoms with E-state index >= 15 is 0 Å². The maximum absolute atomic E-state index is 11.3. The van der Waals surface area contributed by atoms with E-state index in [2.05, 4.69) is 33.0 Å². The lowest BCUT2D eigenvalue weighted by Gasteiger charge is -2.31. The van der Waals surface area contributed by atoms with Crippen LogP contribution in [0.25, 0.3) is 0 Å². The van der Waals surface area contributed by atoms with Crippen molar-refractivity contribution in [2.75, 3.05) is 0 Å². The van der Waals surface area contributed by atoms with Crippen LogP contribution in [-0.4, -0.2) is 11.9 Å². The Kier molecular flexibility index (Phi) is 2.99. The minimum Gasteiger partial charge on any atom is -0.353 e. The average molecular weight is 183 g/mol. The number of carbonyl (C=O) groups is 1. The molecule has 0 aromatic rings. The first kappa shape index (κ1) is 10.6. The molecule has 1 saturated heterocycles. The van der Waals surface area contributed by atoms with E-state index in [0.29, 0.717) is 18.4 Å². The fraction of sp³-hybridized carbons (Fsp3) is 0.909. The van der Waals surface area contributed by atoms with Gasteiger partial charge in [-0.15, -0.1) is 0 Å². The van der Waals surface area contributed by atoms with Crippen molar-refractivity contribution < 1.29 is 4.79 Å². The summed E-state index contributed by atoms with van der Waals surface area (Å²) < 4.78 is 0. The Morgan fingerprint density at radius 1 is 1.62 bits per heavy atom. The van der Waals surface area contributed by atoms with Crippen molar-refractivity contribution in [1.82, 2.24) is 5.32 Å². The number of rotatable bonds is 3. The number of hydrogen-bond acceptors (Lipinski definition) is 1. The Balaban J connectivity index is 2.69. The van der Waals surface area contributed by atoms with Crippen molar-refractivity contribution >= 4 is 5.91 Å². The van der Waals surface area contributed by atoms with Gasteiger partial charge in [-0.1, -0.05) is 27.7 Å². The van der Waals surface area contributed by atoms with Crippen LogP contribution in [0.5, 0.6) is 0 Å². The second-order valence-electron chi connectivity index (χ2n) is 4.96. The van der Waals surface area contributed by atoms with Gasteiger partial charge in [0.1, 0.15) is 0 Å². The van der Waals surface area contributed by atoms with Crippen molar-refractivity contribution in [3.63, 3.8) is 0 Å². The lowest BCUT2D eigenvalue weighted by atomic mass is 9.75. The molecule has 0 radical (unpaired) electrons. The van der Waals surface area contributed by atoms with Crippen LogP contribution in [0.3, 0.4) is 0 Å². The number of nitrogens with one attached hydrogen (secondary N) is 1. The largest absolute Gasteiger partial charge is 0.353 e. The highest BCUT2D eigenvalue weighted by molar-refractivity contribution is 5.79. The standard InChI is InChI=1S/C11H21NO/c1-5-9-11(4,6-8(2)3)7-10(13)12-9/h8-9H,5-7H2,1-4H3,(H,12,13). The summed E-state index contributed by atoms with van der Waals surface area (Å²) in [5.41, 5.74) is 0.194. The predicted octanol–water partition coefficient (Wildman–Crippen LogP) is 2.34. The molecule has 1 amide bonds. The van der Waals surface area contributed by atoms with Gasteiger partial charge in [-0.3, -0.25) is 4.79 Å². The predicted molar refractivity (Wildman–Crippen MR) is 54.4 cm³/mol. The number of hydrogen-bond donors (Lipinski definition) is 1. The van der Waals surface area contributed by atoms with Crippen LogP contribution in [0.1, 0.15) is 47.0 Å². The smallest absolute Gasteiger partial charge is 0.220 e. The molecule has 1 aliphatic rings. The van der Waals surface area contributed by atoms with Gasteiger partial charge in [0.25, 0.3) is 0 Å². The van der Waals surface area contributed by atoms with Gasteiger partial charge in [-0.05, 0) is 24.2 Å². The molecular weight excluding hydrogens is 162 g/mol. The fourth-order valence-electron chi connectivity index (χ4n) is 2.65. The van der Waals surface area contributed by atoms with Gasteiger partial charge >= 0.3 is 0 Å². The molecule has 2 unspecified atom stereocenters. The molecule has 76 valence electrons. The number of carbonyl (C=O) groups excluding carboxylic acids is 1. The average Bonchev–Trinajstić information content (AvgIpc) is 2.23. The Hall–Kier alpha value is -0.530. The van der Waals surface area contributed by atoms with E-state index in [0.717, 1.165) is 12.8 Å². The Morgan fingerprint density at radius 2 is 2.23 bits per heavy atom. The zero-order valence-corrected chi connectivity index (χ0v) is 9.18. The second-order valence-corrected chi connectivity index (χ2v) is 4.96. The van der Waals surface area contributed by atoms with Crippen LogP contribution < -0.4 is 5.32 Å². The molecule has 0 aromatic heterocycles. The van der Waals surface area contributed by atoms with Gasteiger partial charge in [-0.2, -0.15) is 0 Å². The molecule has 1 rings (SSSR count). The molecule has 2 atom stereocenters. The SMILES string of the molecule is CCC1NC(=O)CC1(C)CC(C)C. The highest BCUT2D eigenvalue weighted by atomic mass is 16.2. The monoisotopic (exact) mass is 183 g/mol. The Morgan fingerprint density at radius 3 is 2.69 bits per heavy atom. The molecule has 13 heavy (non-hydrogen) atoms. The first-order chi connectivity index (χ1) is 5.98. The van der Waals surface area contributed by atoms with Crippen molar-refractivity contribution in [2.24, 2.45) is 11.3 Å². The van der Waals surface area contributed by atoms with Gasteiger partial charge in [0.2, 0.25) is 5.91 Å². The van der Waals surface area contributed by atoms with Gasteiger partial charge in [0.15, 0.2) is 0 Å². The molecule has 2 heteroatoms. The first-order valence-corrected chi connectivity index (χ1v) is 5.27. The first-order valence-electron chi connectivity index (χ1n) is 5.27. The zero-order chi connectivity index (χ0) is 10.1. The number of amides is 1. The van der Waals surface area contributed by atoms with Crippen molar-refractivity contribution in [2.45, 2.75) is 53.0 Å². The lowest BCUT2D eigenvalue weighted by Crippen LogP contribution is -2.35. The van der Waals surface area contributed by atoms with Gasteiger partial charge in [0.05, 0.1) is 0 Å². The van der Waals surface area contributed by atoms with Crippen LogP contribution >= 0.6 is 0 Å². The van der Waals surface area contributed by atoms with E-state index in [4.69, 9.17) is 0 Å². The highest BCUT2D eigenvalue weighted by Gasteiger charge is 2.41. The summed E-state index contributed by atoms with van der Waals surface area (Å²) in [6.07, 6.45) is 2.91. The van der Waals surface area contributed by atoms with E-state index in [1.165, 1.54) is 0 Å². The van der Waals surface area contributed by atoms with Crippen LogP contribution in [0.4, 0.5) is 0 Å². The molecule has 0 aliphatic carbocycles. The fourth-order valence-corrected chi connectivity index (χ4v) is 2.65. The summed E-state index contributed by atoms with van der Waals surface area (Å²) >= 11 is 0. The summed E-state index contributed by atoms with van der Waals surface area (Å²) in [5.74, 6) is 0.904. The molecule has 1 N–H and O–H groups in total. The summed E-state index contributed by atoms with van der Waals surface area (Å²) in [7, 11) is 0. The van der Waals surface area contributed by atoms with Crippen molar-refractivity contribution in [3.8, 4) is 0 Å². The maximum atomic E-state index is 11.3. The summed E-state index contributed by atoms with van der Waals surface area (Å²) in [6, 6.07) is 0.391. The quantitative estimate of drug-likeness (QED) is 0.715. The molecular formula is C11H21NO. The Bertz CT molecular complexity index is 200. The van der Waals surface area contributed by atoms with Crippen LogP contribution in [0.15, 0.2) is 0 Å². The third-order valence-corrected chi connectivity index (χ3v) is 3.02. The highest BCUT2D eigenvalue weighted by Crippen LogP contribution is 2.38. The molecule has 0 aromatic carbocycles. The summed E-state index contributed by atoms with van der Waals surface area (Å²) in [5, 5.41) is 3.06. The van der Waals surface area contributed by atoms with E-state index in [1.54, 1.807) is 0 Å². The van der Waals surface area contributed by atoms with Gasteiger partial charge < -0.3 is 5.32 Å². The lowest BCUT2D eigenvalue weighted by molar-refractivity contribution is -0.119. The van der Waals surface area contributed by atoms with Gasteiger partial charge in [0, 0.05) is 12.5 Å². The van der Waals surface area contributed by atoms with Gasteiger partial charge in [-0.25, -0.2) is 0 Å². The molecule has 1 aliphatic heterocycles. The van der Waals surface area contributed by atoms with Crippen molar-refractivity contribution in [1.29, 1.82) is 0 Å². The molecule has 1 fully saturated rings. The Labute approximate surface area is 81.1 Å². The molecule has 0 spiro atoms. The second kappa shape index (κ2) is 3.69. The molecule has 0 saturated carbocycles. The van der Waals surface area contributed by atoms with E-state index < -0.39 is 0 Å². The normalized spacial score (nSPS) is 33.9. The van der Waals surface area contributed by atoms with E-state index in [9.17, 15) is 4.79 Å². The molecule has 1 heterocycles. The topological polar surface area (TPSA) is 29.1 Å². The van der Waals surface area contributed by atoms with E-state index in [-0.39, 0.29) is 11.3 Å². The van der Waals surface area contributed by atoms with E-state index in [1.807, 2.05) is 0 Å². The summed E-state index contributed by atoms with van der Waals surface area (Å²) in [6.45, 7) is 8.83. The van der Waals surface area contributed by atoms with Crippen LogP contribution in [-0.2, 0) is 4.79 Å². The third kappa shape index (κ3) is 2.23. The molecule has 0 bridgehead atoms. The minimum atomic E-state index is 0.194. The molecule has 2 nitrogen and oxygen atoms in total.